The molecule has 0 aliphatic carbocycles. The SMILES string of the molecule is Cc1cc2ncc(C(=O)Nc3cc4c(c(-c5cc6ccccc6s5)c3)CN=C4)c(N)n2n1. The van der Waals surface area contributed by atoms with E-state index < -0.39 is 0 Å². The van der Waals surface area contributed by atoms with E-state index in [0.717, 1.165) is 21.7 Å². The first-order valence-electron chi connectivity index (χ1n) is 10.1. The molecule has 4 heterocycles. The van der Waals surface area contributed by atoms with Gasteiger partial charge in [-0.05, 0) is 47.7 Å². The number of nitrogens with zero attached hydrogens (tertiary/aromatic N) is 4. The molecule has 156 valence electrons. The van der Waals surface area contributed by atoms with Gasteiger partial charge in [0.1, 0.15) is 11.4 Å². The van der Waals surface area contributed by atoms with Crippen molar-refractivity contribution < 1.29 is 4.79 Å². The molecule has 0 bridgehead atoms. The van der Waals surface area contributed by atoms with Crippen LogP contribution in [0.3, 0.4) is 0 Å². The van der Waals surface area contributed by atoms with E-state index >= 15 is 0 Å². The number of hydrogen-bond donors (Lipinski definition) is 2. The van der Waals surface area contributed by atoms with Crippen molar-refractivity contribution in [1.82, 2.24) is 14.6 Å². The molecule has 5 aromatic rings. The predicted molar refractivity (Wildman–Crippen MR) is 129 cm³/mol. The zero-order chi connectivity index (χ0) is 21.8. The zero-order valence-corrected chi connectivity index (χ0v) is 18.0. The Bertz CT molecular complexity index is 1550. The lowest BCUT2D eigenvalue weighted by atomic mass is 10.00. The molecule has 0 saturated carbocycles. The van der Waals surface area contributed by atoms with Gasteiger partial charge in [0.05, 0.1) is 12.2 Å². The quantitative estimate of drug-likeness (QED) is 0.427. The van der Waals surface area contributed by atoms with Crippen LogP contribution in [-0.2, 0) is 6.54 Å². The molecule has 0 spiro atoms. The minimum absolute atomic E-state index is 0.257. The van der Waals surface area contributed by atoms with Gasteiger partial charge < -0.3 is 11.1 Å². The summed E-state index contributed by atoms with van der Waals surface area (Å²) in [6.07, 6.45) is 3.35. The highest BCUT2D eigenvalue weighted by atomic mass is 32.1. The van der Waals surface area contributed by atoms with Gasteiger partial charge in [0.2, 0.25) is 0 Å². The van der Waals surface area contributed by atoms with Crippen molar-refractivity contribution in [2.75, 3.05) is 11.1 Å². The second-order valence-corrected chi connectivity index (χ2v) is 8.86. The topological polar surface area (TPSA) is 97.7 Å². The van der Waals surface area contributed by atoms with Crippen LogP contribution in [0.4, 0.5) is 11.5 Å². The number of rotatable bonds is 3. The Morgan fingerprint density at radius 3 is 2.94 bits per heavy atom. The van der Waals surface area contributed by atoms with E-state index in [1.165, 1.54) is 26.4 Å². The van der Waals surface area contributed by atoms with Crippen molar-refractivity contribution in [2.45, 2.75) is 13.5 Å². The van der Waals surface area contributed by atoms with Crippen molar-refractivity contribution in [3.63, 3.8) is 0 Å². The second-order valence-electron chi connectivity index (χ2n) is 7.78. The Morgan fingerprint density at radius 1 is 1.19 bits per heavy atom. The van der Waals surface area contributed by atoms with E-state index in [-0.39, 0.29) is 17.3 Å². The Morgan fingerprint density at radius 2 is 2.06 bits per heavy atom. The van der Waals surface area contributed by atoms with E-state index in [4.69, 9.17) is 5.73 Å². The molecule has 2 aromatic carbocycles. The molecule has 8 heteroatoms. The van der Waals surface area contributed by atoms with Gasteiger partial charge in [0.15, 0.2) is 5.65 Å². The Labute approximate surface area is 187 Å². The number of aliphatic imine (C=N–C) groups is 1. The average Bonchev–Trinajstić information content (AvgIpc) is 3.50. The van der Waals surface area contributed by atoms with Crippen LogP contribution in [0.1, 0.15) is 27.2 Å². The lowest BCUT2D eigenvalue weighted by molar-refractivity contribution is 0.102. The van der Waals surface area contributed by atoms with Gasteiger partial charge in [-0.3, -0.25) is 9.79 Å². The molecule has 1 aliphatic rings. The number of benzene rings is 2. The lowest BCUT2D eigenvalue weighted by Gasteiger charge is -2.12. The van der Waals surface area contributed by atoms with Gasteiger partial charge in [-0.25, -0.2) is 4.98 Å². The number of nitrogens with one attached hydrogen (secondary N) is 1. The Hall–Kier alpha value is -4.04. The summed E-state index contributed by atoms with van der Waals surface area (Å²) in [7, 11) is 0. The smallest absolute Gasteiger partial charge is 0.260 e. The number of aromatic nitrogens is 3. The zero-order valence-electron chi connectivity index (χ0n) is 17.2. The molecule has 32 heavy (non-hydrogen) atoms. The molecule has 7 nitrogen and oxygen atoms in total. The highest BCUT2D eigenvalue weighted by Gasteiger charge is 2.19. The molecule has 0 radical (unpaired) electrons. The lowest BCUT2D eigenvalue weighted by Crippen LogP contribution is -2.17. The summed E-state index contributed by atoms with van der Waals surface area (Å²) < 4.78 is 2.72. The second kappa shape index (κ2) is 7.00. The van der Waals surface area contributed by atoms with Gasteiger partial charge in [-0.1, -0.05) is 18.2 Å². The first kappa shape index (κ1) is 18.7. The number of nitrogens with two attached hydrogens (primary N) is 1. The predicted octanol–water partition coefficient (Wildman–Crippen LogP) is 4.69. The van der Waals surface area contributed by atoms with Crippen molar-refractivity contribution in [3.8, 4) is 10.4 Å². The maximum Gasteiger partial charge on any atom is 0.260 e. The van der Waals surface area contributed by atoms with Crippen LogP contribution in [0.2, 0.25) is 0 Å². The van der Waals surface area contributed by atoms with Crippen LogP contribution >= 0.6 is 11.3 Å². The number of nitrogen functional groups attached to an aromatic ring is 1. The first-order valence-corrected chi connectivity index (χ1v) is 11.0. The fourth-order valence-electron chi connectivity index (χ4n) is 4.07. The van der Waals surface area contributed by atoms with Crippen molar-refractivity contribution in [1.29, 1.82) is 0 Å². The third kappa shape index (κ3) is 2.96. The maximum atomic E-state index is 13.1. The molecule has 0 fully saturated rings. The summed E-state index contributed by atoms with van der Waals surface area (Å²) in [4.78, 5) is 23.0. The largest absolute Gasteiger partial charge is 0.383 e. The molecule has 1 aliphatic heterocycles. The summed E-state index contributed by atoms with van der Waals surface area (Å²) in [5.74, 6) is -0.0738. The van der Waals surface area contributed by atoms with Gasteiger partial charge >= 0.3 is 0 Å². The fraction of sp³-hybridized carbons (Fsp3) is 0.0833. The van der Waals surface area contributed by atoms with Gasteiger partial charge in [-0.15, -0.1) is 11.3 Å². The normalized spacial score (nSPS) is 12.5. The standard InChI is InChI=1S/C24H18N6OS/c1-13-6-22-27-12-19(23(25)30(22)29-13)24(31)28-16-7-15-10-26-11-18(15)17(9-16)21-8-14-4-2-3-5-20(14)32-21/h2-10,12H,11,25H2,1H3,(H,28,31). The number of carbonyl (C=O) groups is 1. The van der Waals surface area contributed by atoms with Crippen LogP contribution in [-0.4, -0.2) is 26.7 Å². The average molecular weight is 439 g/mol. The summed E-state index contributed by atoms with van der Waals surface area (Å²) in [5.41, 5.74) is 11.8. The summed E-state index contributed by atoms with van der Waals surface area (Å²) in [5, 5.41) is 8.51. The van der Waals surface area contributed by atoms with Gasteiger partial charge in [0.25, 0.3) is 5.91 Å². The van der Waals surface area contributed by atoms with Crippen molar-refractivity contribution in [2.24, 2.45) is 4.99 Å². The highest BCUT2D eigenvalue weighted by molar-refractivity contribution is 7.22. The van der Waals surface area contributed by atoms with Crippen LogP contribution in [0, 0.1) is 6.92 Å². The third-order valence-electron chi connectivity index (χ3n) is 5.60. The highest BCUT2D eigenvalue weighted by Crippen LogP contribution is 2.39. The molecule has 6 rings (SSSR count). The van der Waals surface area contributed by atoms with E-state index in [1.54, 1.807) is 11.3 Å². The van der Waals surface area contributed by atoms with Crippen LogP contribution < -0.4 is 11.1 Å². The molecule has 0 unspecified atom stereocenters. The summed E-state index contributed by atoms with van der Waals surface area (Å²) >= 11 is 1.74. The fourth-order valence-corrected chi connectivity index (χ4v) is 5.17. The van der Waals surface area contributed by atoms with Gasteiger partial charge in [-0.2, -0.15) is 9.61 Å². The summed E-state index contributed by atoms with van der Waals surface area (Å²) in [6, 6.07) is 16.3. The molecule has 3 N–H and O–H groups in total. The van der Waals surface area contributed by atoms with E-state index in [9.17, 15) is 4.79 Å². The molecule has 0 saturated heterocycles. The van der Waals surface area contributed by atoms with Crippen LogP contribution in [0.5, 0.6) is 0 Å². The third-order valence-corrected chi connectivity index (χ3v) is 6.75. The Kier molecular flexibility index (Phi) is 4.09. The minimum Gasteiger partial charge on any atom is -0.383 e. The molecular weight excluding hydrogens is 420 g/mol. The molecule has 3 aromatic heterocycles. The minimum atomic E-state index is -0.331. The summed E-state index contributed by atoms with van der Waals surface area (Å²) in [6.45, 7) is 2.49. The maximum absolute atomic E-state index is 13.1. The number of anilines is 2. The molecular formula is C24H18N6OS. The molecule has 1 amide bonds. The number of amides is 1. The Balaban J connectivity index is 1.40. The van der Waals surface area contributed by atoms with E-state index in [0.29, 0.717) is 17.9 Å². The van der Waals surface area contributed by atoms with Crippen LogP contribution in [0.25, 0.3) is 26.2 Å². The monoisotopic (exact) mass is 438 g/mol. The van der Waals surface area contributed by atoms with E-state index in [1.807, 2.05) is 43.5 Å². The van der Waals surface area contributed by atoms with Crippen molar-refractivity contribution >= 4 is 50.7 Å². The first-order chi connectivity index (χ1) is 15.6. The number of fused-ring (bicyclic) bond motifs is 3. The number of hydrogen-bond acceptors (Lipinski definition) is 6. The number of carbonyl (C=O) groups excluding carboxylic acids is 1. The van der Waals surface area contributed by atoms with Crippen LogP contribution in [0.15, 0.2) is 59.7 Å². The van der Waals surface area contributed by atoms with Crippen molar-refractivity contribution in [3.05, 3.63) is 77.1 Å². The number of thiophene rings is 1. The van der Waals surface area contributed by atoms with Gasteiger partial charge in [0, 0.05) is 39.3 Å². The van der Waals surface area contributed by atoms with E-state index in [2.05, 4.69) is 38.6 Å². The number of aryl methyl sites for hydroxylation is 1. The molecule has 0 atom stereocenters.